The Bertz CT molecular complexity index is 660. The SMILES string of the molecule is O=[N+]([O-])c1ccc(NCCc2cc(F)cc(F)c2)c(I)c1. The molecule has 0 spiro atoms. The van der Waals surface area contributed by atoms with Crippen LogP contribution in [0.2, 0.25) is 0 Å². The average molecular weight is 404 g/mol. The molecule has 21 heavy (non-hydrogen) atoms. The lowest BCUT2D eigenvalue weighted by atomic mass is 10.1. The highest BCUT2D eigenvalue weighted by Crippen LogP contribution is 2.23. The van der Waals surface area contributed by atoms with Gasteiger partial charge in [-0.2, -0.15) is 0 Å². The molecule has 0 aromatic heterocycles. The second kappa shape index (κ2) is 6.79. The molecule has 0 radical (unpaired) electrons. The monoisotopic (exact) mass is 404 g/mol. The molecule has 1 N–H and O–H groups in total. The Morgan fingerprint density at radius 3 is 2.38 bits per heavy atom. The molecule has 4 nitrogen and oxygen atoms in total. The van der Waals surface area contributed by atoms with Crippen LogP contribution >= 0.6 is 22.6 Å². The first-order valence-corrected chi connectivity index (χ1v) is 7.16. The lowest BCUT2D eigenvalue weighted by Gasteiger charge is -2.08. The smallest absolute Gasteiger partial charge is 0.270 e. The van der Waals surface area contributed by atoms with Crippen LogP contribution in [0.3, 0.4) is 0 Å². The summed E-state index contributed by atoms with van der Waals surface area (Å²) in [4.78, 5) is 10.2. The highest BCUT2D eigenvalue weighted by atomic mass is 127. The van der Waals surface area contributed by atoms with Crippen molar-refractivity contribution in [3.8, 4) is 0 Å². The molecule has 0 heterocycles. The highest BCUT2D eigenvalue weighted by Gasteiger charge is 2.08. The van der Waals surface area contributed by atoms with Gasteiger partial charge in [-0.25, -0.2) is 8.78 Å². The summed E-state index contributed by atoms with van der Waals surface area (Å²) in [7, 11) is 0. The van der Waals surface area contributed by atoms with Crippen LogP contribution in [0.15, 0.2) is 36.4 Å². The minimum Gasteiger partial charge on any atom is -0.384 e. The van der Waals surface area contributed by atoms with Gasteiger partial charge in [0.05, 0.1) is 4.92 Å². The Balaban J connectivity index is 1.98. The molecular weight excluding hydrogens is 393 g/mol. The minimum absolute atomic E-state index is 0.0251. The van der Waals surface area contributed by atoms with Crippen molar-refractivity contribution in [3.63, 3.8) is 0 Å². The van der Waals surface area contributed by atoms with E-state index in [9.17, 15) is 18.9 Å². The summed E-state index contributed by atoms with van der Waals surface area (Å²) in [5, 5.41) is 13.7. The quantitative estimate of drug-likeness (QED) is 0.463. The Morgan fingerprint density at radius 1 is 1.14 bits per heavy atom. The fraction of sp³-hybridized carbons (Fsp3) is 0.143. The van der Waals surface area contributed by atoms with Crippen LogP contribution in [0.4, 0.5) is 20.2 Å². The lowest BCUT2D eigenvalue weighted by molar-refractivity contribution is -0.384. The third kappa shape index (κ3) is 4.35. The first-order valence-electron chi connectivity index (χ1n) is 6.08. The molecule has 0 fully saturated rings. The Labute approximate surface area is 133 Å². The number of nitrogens with one attached hydrogen (secondary N) is 1. The van der Waals surface area contributed by atoms with E-state index in [1.54, 1.807) is 6.07 Å². The standard InChI is InChI=1S/C14H11F2IN2O2/c15-10-5-9(6-11(16)7-10)3-4-18-14-2-1-12(19(20)21)8-13(14)17/h1-2,5-8,18H,3-4H2. The van der Waals surface area contributed by atoms with Gasteiger partial charge in [-0.15, -0.1) is 0 Å². The van der Waals surface area contributed by atoms with Crippen molar-refractivity contribution in [2.75, 3.05) is 11.9 Å². The molecule has 0 amide bonds. The first kappa shape index (κ1) is 15.6. The van der Waals surface area contributed by atoms with E-state index in [1.807, 2.05) is 22.6 Å². The summed E-state index contributed by atoms with van der Waals surface area (Å²) in [5.74, 6) is -1.20. The van der Waals surface area contributed by atoms with Crippen molar-refractivity contribution in [1.29, 1.82) is 0 Å². The van der Waals surface area contributed by atoms with Gasteiger partial charge in [0.25, 0.3) is 5.69 Å². The van der Waals surface area contributed by atoms with Gasteiger partial charge in [0.15, 0.2) is 0 Å². The van der Waals surface area contributed by atoms with E-state index in [0.29, 0.717) is 22.1 Å². The van der Waals surface area contributed by atoms with E-state index < -0.39 is 16.6 Å². The highest BCUT2D eigenvalue weighted by molar-refractivity contribution is 14.1. The summed E-state index contributed by atoms with van der Waals surface area (Å²) in [6, 6.07) is 7.89. The van der Waals surface area contributed by atoms with Gasteiger partial charge in [0.2, 0.25) is 0 Å². The van der Waals surface area contributed by atoms with Crippen LogP contribution in [-0.2, 0) is 6.42 Å². The van der Waals surface area contributed by atoms with Crippen LogP contribution in [0.1, 0.15) is 5.56 Å². The molecule has 0 unspecified atom stereocenters. The first-order chi connectivity index (χ1) is 9.95. The second-order valence-corrected chi connectivity index (χ2v) is 5.54. The summed E-state index contributed by atoms with van der Waals surface area (Å²) in [6.07, 6.45) is 0.446. The number of non-ortho nitro benzene ring substituents is 1. The summed E-state index contributed by atoms with van der Waals surface area (Å²) in [5.41, 5.74) is 1.33. The molecule has 2 aromatic rings. The minimum atomic E-state index is -0.602. The van der Waals surface area contributed by atoms with Gasteiger partial charge in [0, 0.05) is 34.0 Å². The zero-order valence-corrected chi connectivity index (χ0v) is 12.9. The van der Waals surface area contributed by atoms with Crippen LogP contribution in [-0.4, -0.2) is 11.5 Å². The van der Waals surface area contributed by atoms with E-state index in [-0.39, 0.29) is 5.69 Å². The summed E-state index contributed by atoms with van der Waals surface area (Å²) in [6.45, 7) is 0.469. The number of nitro groups is 1. The number of hydrogen-bond acceptors (Lipinski definition) is 3. The summed E-state index contributed by atoms with van der Waals surface area (Å²) >= 11 is 2.00. The molecule has 0 aliphatic rings. The average Bonchev–Trinajstić information content (AvgIpc) is 2.39. The van der Waals surface area contributed by atoms with E-state index >= 15 is 0 Å². The molecule has 0 bridgehead atoms. The predicted octanol–water partition coefficient (Wildman–Crippen LogP) is 4.13. The third-order valence-corrected chi connectivity index (χ3v) is 3.71. The van der Waals surface area contributed by atoms with E-state index in [2.05, 4.69) is 5.32 Å². The molecule has 0 atom stereocenters. The Kier molecular flexibility index (Phi) is 5.05. The van der Waals surface area contributed by atoms with Crippen LogP contribution in [0, 0.1) is 25.3 Å². The number of nitrogens with zero attached hydrogens (tertiary/aromatic N) is 1. The van der Waals surface area contributed by atoms with E-state index in [0.717, 1.165) is 11.8 Å². The van der Waals surface area contributed by atoms with Gasteiger partial charge in [-0.3, -0.25) is 10.1 Å². The topological polar surface area (TPSA) is 55.2 Å². The van der Waals surface area contributed by atoms with Crippen molar-refractivity contribution in [1.82, 2.24) is 0 Å². The van der Waals surface area contributed by atoms with Crippen LogP contribution in [0.25, 0.3) is 0 Å². The second-order valence-electron chi connectivity index (χ2n) is 4.38. The summed E-state index contributed by atoms with van der Waals surface area (Å²) < 4.78 is 26.8. The van der Waals surface area contributed by atoms with E-state index in [1.165, 1.54) is 24.3 Å². The molecule has 0 saturated carbocycles. The zero-order chi connectivity index (χ0) is 15.4. The van der Waals surface area contributed by atoms with Crippen molar-refractivity contribution >= 4 is 34.0 Å². The van der Waals surface area contributed by atoms with Gasteiger partial charge >= 0.3 is 0 Å². The van der Waals surface area contributed by atoms with Crippen molar-refractivity contribution < 1.29 is 13.7 Å². The molecule has 2 rings (SSSR count). The van der Waals surface area contributed by atoms with Gasteiger partial charge in [-0.1, -0.05) is 0 Å². The molecule has 2 aromatic carbocycles. The number of halogens is 3. The molecule has 0 saturated heterocycles. The van der Waals surface area contributed by atoms with Crippen molar-refractivity contribution in [2.24, 2.45) is 0 Å². The predicted molar refractivity (Wildman–Crippen MR) is 84.4 cm³/mol. The third-order valence-electron chi connectivity index (χ3n) is 2.81. The number of anilines is 1. The van der Waals surface area contributed by atoms with Gasteiger partial charge in [-0.05, 0) is 52.8 Å². The number of nitro benzene ring substituents is 1. The Hall–Kier alpha value is -1.77. The van der Waals surface area contributed by atoms with Crippen LogP contribution < -0.4 is 5.32 Å². The maximum absolute atomic E-state index is 13.0. The fourth-order valence-corrected chi connectivity index (χ4v) is 2.55. The van der Waals surface area contributed by atoms with Gasteiger partial charge in [0.1, 0.15) is 11.6 Å². The maximum atomic E-state index is 13.0. The normalized spacial score (nSPS) is 10.4. The zero-order valence-electron chi connectivity index (χ0n) is 10.8. The Morgan fingerprint density at radius 2 is 1.81 bits per heavy atom. The van der Waals surface area contributed by atoms with Crippen molar-refractivity contribution in [3.05, 3.63) is 67.3 Å². The molecule has 7 heteroatoms. The van der Waals surface area contributed by atoms with E-state index in [4.69, 9.17) is 0 Å². The van der Waals surface area contributed by atoms with Crippen LogP contribution in [0.5, 0.6) is 0 Å². The molecule has 0 aliphatic carbocycles. The maximum Gasteiger partial charge on any atom is 0.270 e. The van der Waals surface area contributed by atoms with Gasteiger partial charge < -0.3 is 5.32 Å². The number of benzene rings is 2. The lowest BCUT2D eigenvalue weighted by Crippen LogP contribution is -2.06. The molecule has 0 aliphatic heterocycles. The van der Waals surface area contributed by atoms with Crippen molar-refractivity contribution in [2.45, 2.75) is 6.42 Å². The number of rotatable bonds is 5. The largest absolute Gasteiger partial charge is 0.384 e. The molecule has 110 valence electrons. The molecular formula is C14H11F2IN2O2. The fourth-order valence-electron chi connectivity index (χ4n) is 1.86. The number of hydrogen-bond donors (Lipinski definition) is 1.